The summed E-state index contributed by atoms with van der Waals surface area (Å²) in [6.45, 7) is 6.62. The van der Waals surface area contributed by atoms with Gasteiger partial charge in [-0.05, 0) is 19.9 Å². The number of hydrogen-bond acceptors (Lipinski definition) is 5. The number of allylic oxidation sites excluding steroid dienone is 1. The first-order valence-corrected chi connectivity index (χ1v) is 8.48. The van der Waals surface area contributed by atoms with Crippen LogP contribution in [0.1, 0.15) is 25.5 Å². The Morgan fingerprint density at radius 2 is 2.04 bits per heavy atom. The zero-order valence-electron chi connectivity index (χ0n) is 14.5. The van der Waals surface area contributed by atoms with E-state index >= 15 is 0 Å². The van der Waals surface area contributed by atoms with Gasteiger partial charge in [-0.15, -0.1) is 0 Å². The lowest BCUT2D eigenvalue weighted by molar-refractivity contribution is -0.139. The molecule has 2 amide bonds. The number of nitrogens with one attached hydrogen (secondary N) is 2. The van der Waals surface area contributed by atoms with Gasteiger partial charge in [0, 0.05) is 30.0 Å². The average Bonchev–Trinajstić information content (AvgIpc) is 2.62. The van der Waals surface area contributed by atoms with Crippen LogP contribution in [0.5, 0.6) is 0 Å². The third-order valence-electron chi connectivity index (χ3n) is 4.36. The molecule has 2 aliphatic heterocycles. The highest BCUT2D eigenvalue weighted by Crippen LogP contribution is 2.34. The van der Waals surface area contributed by atoms with E-state index in [1.54, 1.807) is 13.8 Å². The highest BCUT2D eigenvalue weighted by atomic mass is 16.5. The number of hydrogen-bond donors (Lipinski definition) is 2. The van der Waals surface area contributed by atoms with Gasteiger partial charge in [0.15, 0.2) is 0 Å². The quantitative estimate of drug-likeness (QED) is 0.812. The molecule has 0 aliphatic carbocycles. The fourth-order valence-electron chi connectivity index (χ4n) is 3.23. The van der Waals surface area contributed by atoms with Gasteiger partial charge in [-0.3, -0.25) is 0 Å². The molecule has 134 valence electrons. The fourth-order valence-corrected chi connectivity index (χ4v) is 3.23. The summed E-state index contributed by atoms with van der Waals surface area (Å²) < 4.78 is 10.6. The van der Waals surface area contributed by atoms with Gasteiger partial charge in [0.2, 0.25) is 0 Å². The van der Waals surface area contributed by atoms with Crippen molar-refractivity contribution in [2.24, 2.45) is 0 Å². The maximum absolute atomic E-state index is 12.5. The molecule has 0 saturated carbocycles. The third kappa shape index (κ3) is 3.61. The molecule has 1 aromatic carbocycles. The van der Waals surface area contributed by atoms with Gasteiger partial charge >= 0.3 is 12.0 Å². The Morgan fingerprint density at radius 3 is 2.76 bits per heavy atom. The number of carbonyl (C=O) groups excluding carboxylic acids is 2. The van der Waals surface area contributed by atoms with Crippen LogP contribution in [0, 0.1) is 0 Å². The van der Waals surface area contributed by atoms with Crippen LogP contribution in [0.3, 0.4) is 0 Å². The predicted octanol–water partition coefficient (Wildman–Crippen LogP) is 1.71. The third-order valence-corrected chi connectivity index (χ3v) is 4.36. The number of benzene rings is 1. The van der Waals surface area contributed by atoms with Crippen molar-refractivity contribution in [1.82, 2.24) is 10.6 Å². The molecule has 25 heavy (non-hydrogen) atoms. The topological polar surface area (TPSA) is 79.9 Å². The van der Waals surface area contributed by atoms with Crippen molar-refractivity contribution < 1.29 is 19.1 Å². The summed E-state index contributed by atoms with van der Waals surface area (Å²) in [7, 11) is 0. The second-order valence-corrected chi connectivity index (χ2v) is 5.95. The number of ether oxygens (including phenoxy) is 2. The van der Waals surface area contributed by atoms with E-state index in [-0.39, 0.29) is 12.6 Å². The van der Waals surface area contributed by atoms with E-state index in [9.17, 15) is 9.59 Å². The van der Waals surface area contributed by atoms with Crippen molar-refractivity contribution in [2.45, 2.75) is 19.9 Å². The molecular weight excluding hydrogens is 322 g/mol. The van der Waals surface area contributed by atoms with Crippen LogP contribution in [0.2, 0.25) is 0 Å². The first-order valence-electron chi connectivity index (χ1n) is 8.48. The molecule has 0 aromatic heterocycles. The molecule has 2 heterocycles. The summed E-state index contributed by atoms with van der Waals surface area (Å²) in [4.78, 5) is 26.7. The summed E-state index contributed by atoms with van der Waals surface area (Å²) >= 11 is 0. The van der Waals surface area contributed by atoms with Crippen LogP contribution in [-0.2, 0) is 14.3 Å². The van der Waals surface area contributed by atoms with Gasteiger partial charge in [-0.2, -0.15) is 0 Å². The SMILES string of the molecule is CCOC(=O)C1=C(C)NC(=O)NC1c1ccccc1N1CCOCC1. The average molecular weight is 345 g/mol. The molecule has 1 fully saturated rings. The summed E-state index contributed by atoms with van der Waals surface area (Å²) in [5.41, 5.74) is 2.82. The Bertz CT molecular complexity index is 695. The summed E-state index contributed by atoms with van der Waals surface area (Å²) in [5, 5.41) is 5.53. The lowest BCUT2D eigenvalue weighted by Crippen LogP contribution is -2.46. The summed E-state index contributed by atoms with van der Waals surface area (Å²) in [6.07, 6.45) is 0. The minimum atomic E-state index is -0.549. The zero-order chi connectivity index (χ0) is 17.8. The van der Waals surface area contributed by atoms with E-state index in [2.05, 4.69) is 15.5 Å². The Balaban J connectivity index is 2.02. The smallest absolute Gasteiger partial charge is 0.338 e. The standard InChI is InChI=1S/C18H23N3O4/c1-3-25-17(22)15-12(2)19-18(23)20-16(15)13-6-4-5-7-14(13)21-8-10-24-11-9-21/h4-7,16H,3,8-11H2,1-2H3,(H2,19,20,23). The van der Waals surface area contributed by atoms with Crippen molar-refractivity contribution in [3.8, 4) is 0 Å². The number of urea groups is 1. The molecule has 1 aromatic rings. The number of carbonyl (C=O) groups is 2. The van der Waals surface area contributed by atoms with E-state index in [1.165, 1.54) is 0 Å². The molecule has 0 spiro atoms. The molecule has 1 saturated heterocycles. The molecule has 7 heteroatoms. The van der Waals surface area contributed by atoms with E-state index in [0.717, 1.165) is 24.3 Å². The largest absolute Gasteiger partial charge is 0.463 e. The van der Waals surface area contributed by atoms with E-state index in [1.807, 2.05) is 24.3 Å². The molecule has 0 bridgehead atoms. The lowest BCUT2D eigenvalue weighted by atomic mass is 9.93. The number of amides is 2. The Hall–Kier alpha value is -2.54. The maximum Gasteiger partial charge on any atom is 0.338 e. The molecular formula is C18H23N3O4. The van der Waals surface area contributed by atoms with Gasteiger partial charge < -0.3 is 25.0 Å². The molecule has 1 atom stereocenters. The zero-order valence-corrected chi connectivity index (χ0v) is 14.5. The molecule has 1 unspecified atom stereocenters. The van der Waals surface area contributed by atoms with Crippen molar-refractivity contribution in [2.75, 3.05) is 37.8 Å². The first kappa shape index (κ1) is 17.3. The highest BCUT2D eigenvalue weighted by molar-refractivity contribution is 5.95. The van der Waals surface area contributed by atoms with E-state index in [0.29, 0.717) is 24.5 Å². The number of morpholine rings is 1. The minimum Gasteiger partial charge on any atom is -0.463 e. The van der Waals surface area contributed by atoms with Crippen molar-refractivity contribution >= 4 is 17.7 Å². The van der Waals surface area contributed by atoms with Gasteiger partial charge in [0.1, 0.15) is 0 Å². The first-order chi connectivity index (χ1) is 12.1. The Labute approximate surface area is 147 Å². The number of rotatable bonds is 4. The van der Waals surface area contributed by atoms with E-state index in [4.69, 9.17) is 9.47 Å². The number of para-hydroxylation sites is 1. The van der Waals surface area contributed by atoms with Crippen LogP contribution >= 0.6 is 0 Å². The van der Waals surface area contributed by atoms with Gasteiger partial charge in [0.05, 0.1) is 31.4 Å². The van der Waals surface area contributed by atoms with Crippen LogP contribution < -0.4 is 15.5 Å². The van der Waals surface area contributed by atoms with Crippen molar-refractivity contribution in [3.63, 3.8) is 0 Å². The van der Waals surface area contributed by atoms with Crippen LogP contribution in [0.4, 0.5) is 10.5 Å². The predicted molar refractivity (Wildman–Crippen MR) is 93.2 cm³/mol. The summed E-state index contributed by atoms with van der Waals surface area (Å²) in [5.74, 6) is -0.422. The maximum atomic E-state index is 12.5. The monoisotopic (exact) mass is 345 g/mol. The lowest BCUT2D eigenvalue weighted by Gasteiger charge is -2.34. The number of nitrogens with zero attached hydrogens (tertiary/aromatic N) is 1. The molecule has 2 aliphatic rings. The van der Waals surface area contributed by atoms with Gasteiger partial charge in [0.25, 0.3) is 0 Å². The van der Waals surface area contributed by atoms with Crippen molar-refractivity contribution in [3.05, 3.63) is 41.1 Å². The highest BCUT2D eigenvalue weighted by Gasteiger charge is 2.34. The molecule has 7 nitrogen and oxygen atoms in total. The molecule has 0 radical (unpaired) electrons. The molecule has 2 N–H and O–H groups in total. The number of esters is 1. The van der Waals surface area contributed by atoms with Crippen LogP contribution in [-0.4, -0.2) is 44.9 Å². The van der Waals surface area contributed by atoms with Gasteiger partial charge in [-0.1, -0.05) is 18.2 Å². The Morgan fingerprint density at radius 1 is 1.32 bits per heavy atom. The second kappa shape index (κ2) is 7.57. The fraction of sp³-hybridized carbons (Fsp3) is 0.444. The van der Waals surface area contributed by atoms with Gasteiger partial charge in [-0.25, -0.2) is 9.59 Å². The Kier molecular flexibility index (Phi) is 5.23. The second-order valence-electron chi connectivity index (χ2n) is 5.95. The summed E-state index contributed by atoms with van der Waals surface area (Å²) in [6, 6.07) is 6.93. The minimum absolute atomic E-state index is 0.279. The normalized spacial score (nSPS) is 20.8. The van der Waals surface area contributed by atoms with E-state index < -0.39 is 12.0 Å². The molecule has 3 rings (SSSR count). The van der Waals surface area contributed by atoms with Crippen LogP contribution in [0.25, 0.3) is 0 Å². The van der Waals surface area contributed by atoms with Crippen molar-refractivity contribution in [1.29, 1.82) is 0 Å². The van der Waals surface area contributed by atoms with Crippen LogP contribution in [0.15, 0.2) is 35.5 Å². The number of anilines is 1.